The number of benzene rings is 1. The minimum Gasteiger partial charge on any atom is -0.399 e. The van der Waals surface area contributed by atoms with E-state index in [1.165, 1.54) is 12.1 Å². The molecule has 0 aliphatic carbocycles. The summed E-state index contributed by atoms with van der Waals surface area (Å²) in [6.07, 6.45) is 0.417. The van der Waals surface area contributed by atoms with Crippen LogP contribution in [0.5, 0.6) is 0 Å². The molecule has 7 heteroatoms. The molecule has 18 heavy (non-hydrogen) atoms. The zero-order valence-corrected chi connectivity index (χ0v) is 12.0. The van der Waals surface area contributed by atoms with E-state index in [0.717, 1.165) is 0 Å². The number of hydrogen-bond acceptors (Lipinski definition) is 3. The summed E-state index contributed by atoms with van der Waals surface area (Å²) >= 11 is 11.7. The van der Waals surface area contributed by atoms with Crippen molar-refractivity contribution in [2.24, 2.45) is 0 Å². The van der Waals surface area contributed by atoms with Gasteiger partial charge in [0, 0.05) is 18.7 Å². The third-order valence-electron chi connectivity index (χ3n) is 2.01. The van der Waals surface area contributed by atoms with Crippen LogP contribution in [0, 0.1) is 11.8 Å². The van der Waals surface area contributed by atoms with Crippen LogP contribution in [0.25, 0.3) is 0 Å². The normalized spacial score (nSPS) is 10.8. The Labute approximate surface area is 117 Å². The number of nitrogens with two attached hydrogens (primary N) is 1. The molecule has 0 aliphatic rings. The SMILES string of the molecule is CC#CCCNS(=O)(=O)c1c(Cl)cc(N)cc1Cl. The van der Waals surface area contributed by atoms with Gasteiger partial charge in [0.25, 0.3) is 0 Å². The molecule has 0 saturated heterocycles. The molecule has 0 atom stereocenters. The van der Waals surface area contributed by atoms with Crippen molar-refractivity contribution in [2.45, 2.75) is 18.2 Å². The highest BCUT2D eigenvalue weighted by molar-refractivity contribution is 7.89. The zero-order chi connectivity index (χ0) is 13.8. The van der Waals surface area contributed by atoms with Gasteiger partial charge in [-0.15, -0.1) is 11.8 Å². The molecule has 0 heterocycles. The Morgan fingerprint density at radius 3 is 2.39 bits per heavy atom. The van der Waals surface area contributed by atoms with Gasteiger partial charge in [-0.3, -0.25) is 0 Å². The van der Waals surface area contributed by atoms with Gasteiger partial charge in [-0.2, -0.15) is 0 Å². The fourth-order valence-electron chi connectivity index (χ4n) is 1.28. The number of nitrogens with one attached hydrogen (secondary N) is 1. The number of rotatable bonds is 4. The molecule has 0 fully saturated rings. The predicted molar refractivity (Wildman–Crippen MR) is 74.1 cm³/mol. The van der Waals surface area contributed by atoms with E-state index >= 15 is 0 Å². The van der Waals surface area contributed by atoms with Crippen LogP contribution >= 0.6 is 23.2 Å². The Morgan fingerprint density at radius 1 is 1.33 bits per heavy atom. The van der Waals surface area contributed by atoms with Gasteiger partial charge in [-0.05, 0) is 19.1 Å². The summed E-state index contributed by atoms with van der Waals surface area (Å²) < 4.78 is 26.3. The first-order valence-corrected chi connectivity index (χ1v) is 7.26. The minimum absolute atomic E-state index is 0.00549. The molecular weight excluding hydrogens is 295 g/mol. The molecule has 0 aromatic heterocycles. The fraction of sp³-hybridized carbons (Fsp3) is 0.273. The molecular formula is C11H12Cl2N2O2S. The Morgan fingerprint density at radius 2 is 1.89 bits per heavy atom. The smallest absolute Gasteiger partial charge is 0.243 e. The maximum Gasteiger partial charge on any atom is 0.243 e. The average molecular weight is 307 g/mol. The maximum absolute atomic E-state index is 12.0. The van der Waals surface area contributed by atoms with Crippen LogP contribution in [0.4, 0.5) is 5.69 Å². The minimum atomic E-state index is -3.76. The van der Waals surface area contributed by atoms with Crippen LogP contribution in [-0.4, -0.2) is 15.0 Å². The third-order valence-corrected chi connectivity index (χ3v) is 4.39. The van der Waals surface area contributed by atoms with Crippen molar-refractivity contribution >= 4 is 38.9 Å². The number of hydrogen-bond donors (Lipinski definition) is 2. The third kappa shape index (κ3) is 3.79. The highest BCUT2D eigenvalue weighted by Crippen LogP contribution is 2.31. The van der Waals surface area contributed by atoms with Crippen LogP contribution in [0.2, 0.25) is 10.0 Å². The van der Waals surface area contributed by atoms with Crippen molar-refractivity contribution < 1.29 is 8.42 Å². The lowest BCUT2D eigenvalue weighted by molar-refractivity contribution is 0.582. The second kappa shape index (κ2) is 6.30. The second-order valence-electron chi connectivity index (χ2n) is 3.39. The average Bonchev–Trinajstić information content (AvgIpc) is 2.22. The largest absolute Gasteiger partial charge is 0.399 e. The monoisotopic (exact) mass is 306 g/mol. The van der Waals surface area contributed by atoms with E-state index in [9.17, 15) is 8.42 Å². The first kappa shape index (κ1) is 15.1. The molecule has 1 aromatic rings. The molecule has 0 bridgehead atoms. The summed E-state index contributed by atoms with van der Waals surface area (Å²) in [5.74, 6) is 5.42. The van der Waals surface area contributed by atoms with Gasteiger partial charge in [0.05, 0.1) is 10.0 Å². The number of halogens is 2. The van der Waals surface area contributed by atoms with Crippen molar-refractivity contribution in [1.29, 1.82) is 0 Å². The van der Waals surface area contributed by atoms with Gasteiger partial charge in [0.15, 0.2) is 0 Å². The summed E-state index contributed by atoms with van der Waals surface area (Å²) in [4.78, 5) is -0.163. The lowest BCUT2D eigenvalue weighted by atomic mass is 10.3. The highest BCUT2D eigenvalue weighted by Gasteiger charge is 2.21. The van der Waals surface area contributed by atoms with E-state index < -0.39 is 10.0 Å². The van der Waals surface area contributed by atoms with Crippen LogP contribution < -0.4 is 10.5 Å². The van der Waals surface area contributed by atoms with Crippen molar-refractivity contribution in [2.75, 3.05) is 12.3 Å². The maximum atomic E-state index is 12.0. The molecule has 0 unspecified atom stereocenters. The molecule has 0 amide bonds. The Bertz CT molecular complexity index is 580. The molecule has 0 saturated carbocycles. The lowest BCUT2D eigenvalue weighted by Crippen LogP contribution is -2.25. The van der Waals surface area contributed by atoms with Gasteiger partial charge in [-0.1, -0.05) is 23.2 Å². The summed E-state index contributed by atoms with van der Waals surface area (Å²) in [6, 6.07) is 2.68. The van der Waals surface area contributed by atoms with E-state index in [2.05, 4.69) is 16.6 Å². The van der Waals surface area contributed by atoms with Crippen LogP contribution in [-0.2, 0) is 10.0 Å². The van der Waals surface area contributed by atoms with Crippen molar-refractivity contribution in [3.8, 4) is 11.8 Å². The van der Waals surface area contributed by atoms with Crippen LogP contribution in [0.15, 0.2) is 17.0 Å². The van der Waals surface area contributed by atoms with Gasteiger partial charge in [-0.25, -0.2) is 13.1 Å². The fourth-order valence-corrected chi connectivity index (χ4v) is 3.54. The quantitative estimate of drug-likeness (QED) is 0.509. The van der Waals surface area contributed by atoms with Gasteiger partial charge >= 0.3 is 0 Å². The van der Waals surface area contributed by atoms with Crippen molar-refractivity contribution in [3.63, 3.8) is 0 Å². The predicted octanol–water partition coefficient (Wildman–Crippen LogP) is 2.27. The first-order valence-electron chi connectivity index (χ1n) is 5.02. The second-order valence-corrected chi connectivity index (χ2v) is 5.91. The van der Waals surface area contributed by atoms with Crippen molar-refractivity contribution in [3.05, 3.63) is 22.2 Å². The lowest BCUT2D eigenvalue weighted by Gasteiger charge is -2.09. The molecule has 0 spiro atoms. The van der Waals surface area contributed by atoms with Gasteiger partial charge in [0.2, 0.25) is 10.0 Å². The summed E-state index contributed by atoms with van der Waals surface area (Å²) in [5, 5.41) is -0.0110. The van der Waals surface area contributed by atoms with E-state index in [1.54, 1.807) is 6.92 Å². The van der Waals surface area contributed by atoms with E-state index in [1.807, 2.05) is 0 Å². The molecule has 1 rings (SSSR count). The number of anilines is 1. The topological polar surface area (TPSA) is 72.2 Å². The van der Waals surface area contributed by atoms with Crippen molar-refractivity contribution in [1.82, 2.24) is 4.72 Å². The summed E-state index contributed by atoms with van der Waals surface area (Å²) in [6.45, 7) is 1.88. The van der Waals surface area contributed by atoms with Gasteiger partial charge in [0.1, 0.15) is 4.90 Å². The standard InChI is InChI=1S/C11H12Cl2N2O2S/c1-2-3-4-5-15-18(16,17)11-9(12)6-8(14)7-10(11)13/h6-7,15H,4-5,14H2,1H3. The van der Waals surface area contributed by atoms with Gasteiger partial charge < -0.3 is 5.73 Å². The molecule has 3 N–H and O–H groups in total. The molecule has 1 aromatic carbocycles. The van der Waals surface area contributed by atoms with E-state index in [0.29, 0.717) is 12.1 Å². The number of nitrogen functional groups attached to an aromatic ring is 1. The Hall–Kier alpha value is -0.930. The molecule has 98 valence electrons. The Balaban J connectivity index is 3.01. The summed E-state index contributed by atoms with van der Waals surface area (Å²) in [5.41, 5.74) is 5.82. The van der Waals surface area contributed by atoms with Crippen LogP contribution in [0.1, 0.15) is 13.3 Å². The van der Waals surface area contributed by atoms with E-state index in [-0.39, 0.29) is 21.5 Å². The molecule has 0 radical (unpaired) electrons. The molecule has 4 nitrogen and oxygen atoms in total. The first-order chi connectivity index (χ1) is 8.38. The zero-order valence-electron chi connectivity index (χ0n) is 9.63. The van der Waals surface area contributed by atoms with Crippen LogP contribution in [0.3, 0.4) is 0 Å². The number of sulfonamides is 1. The molecule has 0 aliphatic heterocycles. The Kier molecular flexibility index (Phi) is 5.29. The highest BCUT2D eigenvalue weighted by atomic mass is 35.5. The summed E-state index contributed by atoms with van der Waals surface area (Å²) in [7, 11) is -3.76. The van der Waals surface area contributed by atoms with E-state index in [4.69, 9.17) is 28.9 Å².